The molecule has 2 aromatic rings. The molecule has 2 aromatic carbocycles. The third-order valence-electron chi connectivity index (χ3n) is 3.32. The van der Waals surface area contributed by atoms with E-state index in [4.69, 9.17) is 4.84 Å². The van der Waals surface area contributed by atoms with Gasteiger partial charge in [-0.1, -0.05) is 65.3 Å². The molecule has 1 heterocycles. The van der Waals surface area contributed by atoms with Gasteiger partial charge in [0.1, 0.15) is 0 Å². The Kier molecular flexibility index (Phi) is 2.84. The lowest BCUT2D eigenvalue weighted by molar-refractivity contribution is -0.193. The molecular formula is C16H15NO2. The first kappa shape index (κ1) is 11.9. The van der Waals surface area contributed by atoms with Crippen LogP contribution < -0.4 is 0 Å². The number of aryl methyl sites for hydroxylation is 1. The van der Waals surface area contributed by atoms with Gasteiger partial charge in [0.2, 0.25) is 0 Å². The number of rotatable bonds is 2. The van der Waals surface area contributed by atoms with Gasteiger partial charge in [-0.15, -0.1) is 0 Å². The average Bonchev–Trinajstić information content (AvgIpc) is 2.85. The smallest absolute Gasteiger partial charge is 0.266 e. The van der Waals surface area contributed by atoms with Gasteiger partial charge >= 0.3 is 0 Å². The van der Waals surface area contributed by atoms with Crippen molar-refractivity contribution in [3.05, 3.63) is 71.3 Å². The maximum absolute atomic E-state index is 10.5. The lowest BCUT2D eigenvalue weighted by Crippen LogP contribution is -2.25. The second-order valence-electron chi connectivity index (χ2n) is 4.82. The summed E-state index contributed by atoms with van der Waals surface area (Å²) in [5, 5.41) is 14.5. The zero-order valence-corrected chi connectivity index (χ0v) is 10.7. The Hall–Kier alpha value is -2.13. The van der Waals surface area contributed by atoms with Crippen LogP contribution in [0.1, 0.15) is 23.1 Å². The molecule has 0 aliphatic carbocycles. The van der Waals surface area contributed by atoms with E-state index in [9.17, 15) is 5.11 Å². The summed E-state index contributed by atoms with van der Waals surface area (Å²) >= 11 is 0. The Bertz CT molecular complexity index is 604. The highest BCUT2D eigenvalue weighted by atomic mass is 16.7. The molecule has 3 rings (SSSR count). The van der Waals surface area contributed by atoms with Gasteiger partial charge in [0, 0.05) is 5.56 Å². The zero-order valence-electron chi connectivity index (χ0n) is 10.7. The Morgan fingerprint density at radius 1 is 1.05 bits per heavy atom. The molecule has 0 spiro atoms. The molecule has 0 saturated carbocycles. The number of benzene rings is 2. The molecule has 96 valence electrons. The molecule has 19 heavy (non-hydrogen) atoms. The Balaban J connectivity index is 1.85. The van der Waals surface area contributed by atoms with Gasteiger partial charge in [-0.25, -0.2) is 0 Å². The molecule has 0 bridgehead atoms. The van der Waals surface area contributed by atoms with Crippen LogP contribution in [-0.4, -0.2) is 10.8 Å². The normalized spacial score (nSPS) is 21.9. The van der Waals surface area contributed by atoms with E-state index in [2.05, 4.69) is 5.16 Å². The third-order valence-corrected chi connectivity index (χ3v) is 3.32. The monoisotopic (exact) mass is 253 g/mol. The first-order valence-corrected chi connectivity index (χ1v) is 6.27. The summed E-state index contributed by atoms with van der Waals surface area (Å²) in [5.41, 5.74) is 3.67. The standard InChI is InChI=1S/C16H15NO2/c1-12-7-9-13(10-8-12)15-11-16(18,19-17-15)14-5-3-2-4-6-14/h2-10,18H,11H2,1H3. The van der Waals surface area contributed by atoms with Gasteiger partial charge in [-0.3, -0.25) is 0 Å². The van der Waals surface area contributed by atoms with E-state index in [0.717, 1.165) is 16.8 Å². The molecule has 0 fully saturated rings. The molecule has 0 amide bonds. The maximum Gasteiger partial charge on any atom is 0.266 e. The van der Waals surface area contributed by atoms with Gasteiger partial charge < -0.3 is 9.94 Å². The number of oxime groups is 1. The summed E-state index contributed by atoms with van der Waals surface area (Å²) in [6.45, 7) is 2.04. The molecule has 1 aliphatic rings. The quantitative estimate of drug-likeness (QED) is 0.894. The van der Waals surface area contributed by atoms with Crippen molar-refractivity contribution in [3.63, 3.8) is 0 Å². The van der Waals surface area contributed by atoms with E-state index in [-0.39, 0.29) is 0 Å². The molecule has 0 saturated heterocycles. The van der Waals surface area contributed by atoms with Crippen molar-refractivity contribution in [2.45, 2.75) is 19.1 Å². The van der Waals surface area contributed by atoms with Gasteiger partial charge in [0.05, 0.1) is 12.1 Å². The summed E-state index contributed by atoms with van der Waals surface area (Å²) in [5.74, 6) is -1.35. The number of nitrogens with zero attached hydrogens (tertiary/aromatic N) is 1. The van der Waals surface area contributed by atoms with Crippen LogP contribution in [0.5, 0.6) is 0 Å². The van der Waals surface area contributed by atoms with Gasteiger partial charge in [0.15, 0.2) is 0 Å². The van der Waals surface area contributed by atoms with Crippen molar-refractivity contribution in [1.29, 1.82) is 0 Å². The fourth-order valence-corrected chi connectivity index (χ4v) is 2.18. The molecule has 1 unspecified atom stereocenters. The first-order valence-electron chi connectivity index (χ1n) is 6.27. The van der Waals surface area contributed by atoms with Crippen LogP contribution in [0.4, 0.5) is 0 Å². The van der Waals surface area contributed by atoms with E-state index >= 15 is 0 Å². The fraction of sp³-hybridized carbons (Fsp3) is 0.188. The predicted molar refractivity (Wildman–Crippen MR) is 73.8 cm³/mol. The number of hydrogen-bond donors (Lipinski definition) is 1. The SMILES string of the molecule is Cc1ccc(C2=NOC(O)(c3ccccc3)C2)cc1. The molecule has 0 radical (unpaired) electrons. The molecule has 1 aliphatic heterocycles. The van der Waals surface area contributed by atoms with Crippen LogP contribution in [-0.2, 0) is 10.6 Å². The van der Waals surface area contributed by atoms with E-state index < -0.39 is 5.79 Å². The average molecular weight is 253 g/mol. The summed E-state index contributed by atoms with van der Waals surface area (Å²) in [6, 6.07) is 17.4. The van der Waals surface area contributed by atoms with E-state index in [1.807, 2.05) is 61.5 Å². The third kappa shape index (κ3) is 2.25. The molecule has 1 atom stereocenters. The topological polar surface area (TPSA) is 41.8 Å². The minimum atomic E-state index is -1.35. The molecular weight excluding hydrogens is 238 g/mol. The Morgan fingerprint density at radius 3 is 2.42 bits per heavy atom. The predicted octanol–water partition coefficient (Wildman–Crippen LogP) is 2.96. The first-order chi connectivity index (χ1) is 9.17. The highest BCUT2D eigenvalue weighted by Crippen LogP contribution is 2.33. The van der Waals surface area contributed by atoms with Crippen LogP contribution in [0.15, 0.2) is 59.8 Å². The van der Waals surface area contributed by atoms with Crippen molar-refractivity contribution >= 4 is 5.71 Å². The van der Waals surface area contributed by atoms with E-state index in [0.29, 0.717) is 6.42 Å². The molecule has 1 N–H and O–H groups in total. The number of hydrogen-bond acceptors (Lipinski definition) is 3. The summed E-state index contributed by atoms with van der Waals surface area (Å²) in [4.78, 5) is 5.27. The van der Waals surface area contributed by atoms with Gasteiger partial charge in [-0.2, -0.15) is 0 Å². The van der Waals surface area contributed by atoms with E-state index in [1.165, 1.54) is 5.56 Å². The zero-order chi connectivity index (χ0) is 13.3. The van der Waals surface area contributed by atoms with Gasteiger partial charge in [-0.05, 0) is 12.5 Å². The maximum atomic E-state index is 10.5. The van der Waals surface area contributed by atoms with Crippen molar-refractivity contribution in [2.75, 3.05) is 0 Å². The molecule has 0 aromatic heterocycles. The second-order valence-corrected chi connectivity index (χ2v) is 4.82. The van der Waals surface area contributed by atoms with Crippen molar-refractivity contribution in [1.82, 2.24) is 0 Å². The lowest BCUT2D eigenvalue weighted by atomic mass is 9.97. The van der Waals surface area contributed by atoms with Crippen LogP contribution in [0, 0.1) is 6.92 Å². The minimum absolute atomic E-state index is 0.361. The van der Waals surface area contributed by atoms with Crippen molar-refractivity contribution in [3.8, 4) is 0 Å². The second kappa shape index (κ2) is 4.52. The minimum Gasteiger partial charge on any atom is -0.355 e. The van der Waals surface area contributed by atoms with Crippen LogP contribution in [0.3, 0.4) is 0 Å². The highest BCUT2D eigenvalue weighted by Gasteiger charge is 2.39. The summed E-state index contributed by atoms with van der Waals surface area (Å²) < 4.78 is 0. The highest BCUT2D eigenvalue weighted by molar-refractivity contribution is 6.01. The van der Waals surface area contributed by atoms with E-state index in [1.54, 1.807) is 0 Å². The largest absolute Gasteiger partial charge is 0.355 e. The van der Waals surface area contributed by atoms with Crippen LogP contribution in [0.25, 0.3) is 0 Å². The van der Waals surface area contributed by atoms with Crippen LogP contribution in [0.2, 0.25) is 0 Å². The Labute approximate surface area is 112 Å². The molecule has 3 heteroatoms. The molecule has 3 nitrogen and oxygen atoms in total. The van der Waals surface area contributed by atoms with Crippen molar-refractivity contribution < 1.29 is 9.94 Å². The number of aliphatic hydroxyl groups is 1. The Morgan fingerprint density at radius 2 is 1.74 bits per heavy atom. The van der Waals surface area contributed by atoms with Gasteiger partial charge in [0.25, 0.3) is 5.79 Å². The van der Waals surface area contributed by atoms with Crippen LogP contribution >= 0.6 is 0 Å². The summed E-state index contributed by atoms with van der Waals surface area (Å²) in [7, 11) is 0. The lowest BCUT2D eigenvalue weighted by Gasteiger charge is -2.19. The van der Waals surface area contributed by atoms with Crippen molar-refractivity contribution in [2.24, 2.45) is 5.16 Å². The fourth-order valence-electron chi connectivity index (χ4n) is 2.18. The summed E-state index contributed by atoms with van der Waals surface area (Å²) in [6.07, 6.45) is 0.361.